The summed E-state index contributed by atoms with van der Waals surface area (Å²) >= 11 is 17.6. The Balaban J connectivity index is 0.000000886. The number of benzene rings is 3. The molecule has 0 radical (unpaired) electrons. The van der Waals surface area contributed by atoms with Crippen LogP contribution in [0.3, 0.4) is 0 Å². The Bertz CT molecular complexity index is 1320. The third-order valence-electron chi connectivity index (χ3n) is 4.85. The highest BCUT2D eigenvalue weighted by atomic mass is 35.5. The molecule has 1 atom stereocenters. The standard InChI is InChI=1S/C23H19Cl2N3O4S.C3H5Cl/c24-19-9-6-16(12-21(19)27-22(29)15-4-2-1-3-5-15)26-23(30)18-8-7-17(13-20(18)25)28-14-32-10-11-33(28)31;1-3(2)4/h1-9,12-13H,10-11,14H2,(H,26,30)(H,27,29);1H2,2H3. The Kier molecular flexibility index (Phi) is 10.5. The van der Waals surface area contributed by atoms with Gasteiger partial charge in [-0.05, 0) is 55.5 Å². The largest absolute Gasteiger partial charge is 0.359 e. The molecule has 0 saturated carbocycles. The van der Waals surface area contributed by atoms with Gasteiger partial charge in [0.1, 0.15) is 17.7 Å². The molecule has 0 aliphatic carbocycles. The van der Waals surface area contributed by atoms with E-state index < -0.39 is 16.9 Å². The molecule has 1 saturated heterocycles. The number of nitrogens with one attached hydrogen (secondary N) is 2. The van der Waals surface area contributed by atoms with Crippen LogP contribution in [0.1, 0.15) is 27.6 Å². The maximum absolute atomic E-state index is 12.8. The van der Waals surface area contributed by atoms with E-state index in [1.54, 1.807) is 71.9 Å². The molecule has 37 heavy (non-hydrogen) atoms. The number of carbonyl (C=O) groups is 2. The van der Waals surface area contributed by atoms with Crippen molar-refractivity contribution >= 4 is 74.7 Å². The second-order valence-corrected chi connectivity index (χ2v) is 10.7. The predicted octanol–water partition coefficient (Wildman–Crippen LogP) is 6.71. The molecule has 0 aromatic heterocycles. The summed E-state index contributed by atoms with van der Waals surface area (Å²) in [4.78, 5) is 25.3. The van der Waals surface area contributed by atoms with Gasteiger partial charge in [-0.2, -0.15) is 0 Å². The lowest BCUT2D eigenvalue weighted by molar-refractivity contribution is 0.101. The van der Waals surface area contributed by atoms with E-state index >= 15 is 0 Å². The summed E-state index contributed by atoms with van der Waals surface area (Å²) in [6, 6.07) is 18.3. The van der Waals surface area contributed by atoms with Crippen molar-refractivity contribution in [3.8, 4) is 0 Å². The van der Waals surface area contributed by atoms with Crippen LogP contribution in [0.15, 0.2) is 78.3 Å². The molecule has 2 N–H and O–H groups in total. The minimum atomic E-state index is -1.21. The van der Waals surface area contributed by atoms with Gasteiger partial charge in [-0.3, -0.25) is 13.9 Å². The van der Waals surface area contributed by atoms with Gasteiger partial charge in [0.25, 0.3) is 11.8 Å². The zero-order valence-corrected chi connectivity index (χ0v) is 22.9. The summed E-state index contributed by atoms with van der Waals surface area (Å²) < 4.78 is 19.1. The minimum absolute atomic E-state index is 0.191. The number of carbonyl (C=O) groups excluding carboxylic acids is 2. The summed E-state index contributed by atoms with van der Waals surface area (Å²) in [5, 5.41) is 6.68. The van der Waals surface area contributed by atoms with Gasteiger partial charge in [-0.1, -0.05) is 59.6 Å². The van der Waals surface area contributed by atoms with Crippen molar-refractivity contribution in [1.29, 1.82) is 0 Å². The quantitative estimate of drug-likeness (QED) is 0.351. The molecule has 0 spiro atoms. The molecule has 1 fully saturated rings. The molecule has 1 unspecified atom stereocenters. The van der Waals surface area contributed by atoms with Gasteiger partial charge in [0.2, 0.25) is 0 Å². The molecule has 194 valence electrons. The van der Waals surface area contributed by atoms with Crippen LogP contribution < -0.4 is 14.9 Å². The summed E-state index contributed by atoms with van der Waals surface area (Å²) in [6.07, 6.45) is 0. The maximum Gasteiger partial charge on any atom is 0.257 e. The fraction of sp³-hybridized carbons (Fsp3) is 0.154. The van der Waals surface area contributed by atoms with Crippen LogP contribution in [0.2, 0.25) is 10.0 Å². The number of hydrogen-bond acceptors (Lipinski definition) is 4. The first-order valence-corrected chi connectivity index (χ1v) is 13.4. The van der Waals surface area contributed by atoms with Gasteiger partial charge in [-0.15, -0.1) is 0 Å². The molecule has 3 aromatic carbocycles. The van der Waals surface area contributed by atoms with Gasteiger partial charge in [0.05, 0.1) is 39.3 Å². The molecule has 1 aliphatic rings. The van der Waals surface area contributed by atoms with E-state index in [9.17, 15) is 13.8 Å². The lowest BCUT2D eigenvalue weighted by Gasteiger charge is -2.27. The molecular formula is C26H24Cl3N3O4S. The van der Waals surface area contributed by atoms with Crippen LogP contribution in [-0.4, -0.2) is 35.1 Å². The van der Waals surface area contributed by atoms with Crippen LogP contribution in [0, 0.1) is 0 Å². The second-order valence-electron chi connectivity index (χ2n) is 7.75. The highest BCUT2D eigenvalue weighted by molar-refractivity contribution is 7.86. The molecule has 0 bridgehead atoms. The maximum atomic E-state index is 12.8. The molecular weight excluding hydrogens is 557 g/mol. The van der Waals surface area contributed by atoms with Gasteiger partial charge >= 0.3 is 0 Å². The average molecular weight is 581 g/mol. The Morgan fingerprint density at radius 3 is 2.32 bits per heavy atom. The first kappa shape index (κ1) is 28.7. The van der Waals surface area contributed by atoms with E-state index in [2.05, 4.69) is 17.2 Å². The van der Waals surface area contributed by atoms with E-state index in [0.717, 1.165) is 0 Å². The third kappa shape index (κ3) is 8.31. The first-order valence-electron chi connectivity index (χ1n) is 11.0. The number of hydrogen-bond donors (Lipinski definition) is 2. The normalized spacial score (nSPS) is 14.7. The van der Waals surface area contributed by atoms with Crippen molar-refractivity contribution in [2.45, 2.75) is 6.92 Å². The number of rotatable bonds is 5. The van der Waals surface area contributed by atoms with E-state index in [-0.39, 0.29) is 23.2 Å². The summed E-state index contributed by atoms with van der Waals surface area (Å²) in [6.45, 7) is 5.69. The Morgan fingerprint density at radius 1 is 0.973 bits per heavy atom. The van der Waals surface area contributed by atoms with Gasteiger partial charge in [0, 0.05) is 16.3 Å². The van der Waals surface area contributed by atoms with E-state index in [1.165, 1.54) is 0 Å². The molecule has 11 heteroatoms. The van der Waals surface area contributed by atoms with Crippen molar-refractivity contribution in [3.63, 3.8) is 0 Å². The van der Waals surface area contributed by atoms with Crippen LogP contribution in [-0.2, 0) is 15.7 Å². The molecule has 7 nitrogen and oxygen atoms in total. The van der Waals surface area contributed by atoms with E-state index in [4.69, 9.17) is 39.5 Å². The summed E-state index contributed by atoms with van der Waals surface area (Å²) in [5.41, 5.74) is 2.12. The third-order valence-corrected chi connectivity index (χ3v) is 6.82. The lowest BCUT2D eigenvalue weighted by Crippen LogP contribution is -2.36. The molecule has 4 rings (SSSR count). The molecule has 2 amide bonds. The van der Waals surface area contributed by atoms with E-state index in [1.807, 2.05) is 6.07 Å². The van der Waals surface area contributed by atoms with Crippen molar-refractivity contribution in [3.05, 3.63) is 99.5 Å². The lowest BCUT2D eigenvalue weighted by atomic mass is 10.1. The molecule has 3 aromatic rings. The second kappa shape index (κ2) is 13.6. The van der Waals surface area contributed by atoms with Crippen molar-refractivity contribution in [2.24, 2.45) is 0 Å². The van der Waals surface area contributed by atoms with Gasteiger partial charge in [-0.25, -0.2) is 4.21 Å². The fourth-order valence-electron chi connectivity index (χ4n) is 3.16. The van der Waals surface area contributed by atoms with Crippen LogP contribution in [0.5, 0.6) is 0 Å². The number of halogens is 3. The average Bonchev–Trinajstić information content (AvgIpc) is 2.86. The Morgan fingerprint density at radius 2 is 1.68 bits per heavy atom. The number of amides is 2. The van der Waals surface area contributed by atoms with Gasteiger partial charge in [0.15, 0.2) is 0 Å². The van der Waals surface area contributed by atoms with Crippen molar-refractivity contribution < 1.29 is 18.5 Å². The zero-order chi connectivity index (χ0) is 26.9. The number of nitrogens with zero attached hydrogens (tertiary/aromatic N) is 1. The highest BCUT2D eigenvalue weighted by Crippen LogP contribution is 2.29. The van der Waals surface area contributed by atoms with Crippen molar-refractivity contribution in [1.82, 2.24) is 0 Å². The van der Waals surface area contributed by atoms with Crippen LogP contribution in [0.25, 0.3) is 0 Å². The smallest absolute Gasteiger partial charge is 0.257 e. The summed E-state index contributed by atoms with van der Waals surface area (Å²) in [7, 11) is -1.21. The topological polar surface area (TPSA) is 87.7 Å². The predicted molar refractivity (Wildman–Crippen MR) is 152 cm³/mol. The Labute approximate surface area is 232 Å². The summed E-state index contributed by atoms with van der Waals surface area (Å²) in [5.74, 6) is -0.358. The number of ether oxygens (including phenoxy) is 1. The Hall–Kier alpha value is -2.88. The van der Waals surface area contributed by atoms with Crippen LogP contribution >= 0.6 is 34.8 Å². The SMILES string of the molecule is C=C(C)Cl.O=C(Nc1cc(NC(=O)c2ccc(N3COCCS3=O)cc2Cl)ccc1Cl)c1ccccc1. The van der Waals surface area contributed by atoms with Crippen molar-refractivity contribution in [2.75, 3.05) is 34.0 Å². The minimum Gasteiger partial charge on any atom is -0.359 e. The van der Waals surface area contributed by atoms with Gasteiger partial charge < -0.3 is 15.4 Å². The highest BCUT2D eigenvalue weighted by Gasteiger charge is 2.21. The monoisotopic (exact) mass is 579 g/mol. The fourth-order valence-corrected chi connectivity index (χ4v) is 4.61. The zero-order valence-electron chi connectivity index (χ0n) is 19.8. The van der Waals surface area contributed by atoms with Crippen LogP contribution in [0.4, 0.5) is 17.1 Å². The first-order chi connectivity index (χ1) is 17.7. The molecule has 1 aliphatic heterocycles. The molecule has 1 heterocycles. The van der Waals surface area contributed by atoms with E-state index in [0.29, 0.717) is 45.0 Å². The number of allylic oxidation sites excluding steroid dienone is 1. The number of anilines is 3.